The minimum atomic E-state index is 0. The van der Waals surface area contributed by atoms with Crippen LogP contribution < -0.4 is 0 Å². The number of rotatable bonds is 1. The number of hydrogen-bond donors (Lipinski definition) is 0. The quantitative estimate of drug-likeness (QED) is 0.584. The molecule has 0 aromatic carbocycles. The van der Waals surface area contributed by atoms with E-state index in [2.05, 4.69) is 19.8 Å². The summed E-state index contributed by atoms with van der Waals surface area (Å²) >= 11 is 0. The van der Waals surface area contributed by atoms with Crippen LogP contribution in [0.4, 0.5) is 0 Å². The molecule has 0 bridgehead atoms. The third-order valence-corrected chi connectivity index (χ3v) is 2.89. The monoisotopic (exact) mass is 222 g/mol. The molecule has 2 rings (SSSR count). The molecule has 1 unspecified atom stereocenters. The summed E-state index contributed by atoms with van der Waals surface area (Å²) < 4.78 is 0. The van der Waals surface area contributed by atoms with E-state index in [0.717, 1.165) is 5.92 Å². The minimum Gasteiger partial charge on any atom is -0.0651 e. The molecule has 0 saturated heterocycles. The average molecular weight is 222 g/mol. The zero-order chi connectivity index (χ0) is 8.65. The fourth-order valence-electron chi connectivity index (χ4n) is 1.92. The van der Waals surface area contributed by atoms with Crippen molar-refractivity contribution in [2.75, 3.05) is 0 Å². The van der Waals surface area contributed by atoms with E-state index in [1.165, 1.54) is 51.4 Å². The van der Waals surface area contributed by atoms with Crippen molar-refractivity contribution in [1.29, 1.82) is 0 Å². The molecule has 2 saturated carbocycles. The van der Waals surface area contributed by atoms with Gasteiger partial charge in [-0.1, -0.05) is 45.4 Å². The molecule has 1 atom stereocenters. The predicted molar refractivity (Wildman–Crippen MR) is 54.7 cm³/mol. The average Bonchev–Trinajstić information content (AvgIpc) is 2.81. The summed E-state index contributed by atoms with van der Waals surface area (Å²) in [6.45, 7) is 2.25. The fourth-order valence-corrected chi connectivity index (χ4v) is 1.92. The Labute approximate surface area is 94.3 Å². The first-order chi connectivity index (χ1) is 5.93. The van der Waals surface area contributed by atoms with Crippen LogP contribution in [0, 0.1) is 18.8 Å². The summed E-state index contributed by atoms with van der Waals surface area (Å²) in [6.07, 6.45) is 16.2. The zero-order valence-electron chi connectivity index (χ0n) is 8.74. The van der Waals surface area contributed by atoms with E-state index in [-0.39, 0.29) is 17.1 Å². The maximum Gasteiger partial charge on any atom is 0 e. The second-order valence-corrected chi connectivity index (χ2v) is 3.94. The molecule has 0 aromatic rings. The maximum absolute atomic E-state index is 2.33. The largest absolute Gasteiger partial charge is 0.0651 e. The molecule has 0 aliphatic heterocycles. The van der Waals surface area contributed by atoms with Gasteiger partial charge in [0.05, 0.1) is 0 Å². The molecule has 0 spiro atoms. The molecule has 2 radical (unpaired) electrons. The van der Waals surface area contributed by atoms with Crippen molar-refractivity contribution in [1.82, 2.24) is 0 Å². The SMILES string of the molecule is C1CCCC1.CCC1[CH][CH]CC1.[Fe]. The summed E-state index contributed by atoms with van der Waals surface area (Å²) in [5.74, 6) is 0.917. The summed E-state index contributed by atoms with van der Waals surface area (Å²) in [5.41, 5.74) is 0. The molecule has 0 heterocycles. The van der Waals surface area contributed by atoms with Gasteiger partial charge in [-0.3, -0.25) is 0 Å². The number of hydrogen-bond acceptors (Lipinski definition) is 0. The van der Waals surface area contributed by atoms with E-state index >= 15 is 0 Å². The first-order valence-corrected chi connectivity index (χ1v) is 5.60. The Balaban J connectivity index is 0.000000215. The zero-order valence-corrected chi connectivity index (χ0v) is 9.85. The molecule has 78 valence electrons. The molecule has 0 nitrogen and oxygen atoms in total. The van der Waals surface area contributed by atoms with Crippen LogP contribution in [0.1, 0.15) is 58.3 Å². The van der Waals surface area contributed by atoms with Gasteiger partial charge in [-0.15, -0.1) is 0 Å². The predicted octanol–water partition coefficient (Wildman–Crippen LogP) is 4.16. The normalized spacial score (nSPS) is 21.9. The first kappa shape index (κ1) is 13.5. The summed E-state index contributed by atoms with van der Waals surface area (Å²) in [5, 5.41) is 0. The molecule has 0 aromatic heterocycles. The van der Waals surface area contributed by atoms with Crippen LogP contribution in [-0.2, 0) is 17.1 Å². The third kappa shape index (κ3) is 6.57. The fraction of sp³-hybridized carbons (Fsp3) is 0.833. The molecule has 1 heteroatoms. The van der Waals surface area contributed by atoms with Gasteiger partial charge in [0.15, 0.2) is 0 Å². The van der Waals surface area contributed by atoms with E-state index in [1.54, 1.807) is 0 Å². The van der Waals surface area contributed by atoms with Crippen LogP contribution >= 0.6 is 0 Å². The van der Waals surface area contributed by atoms with E-state index in [9.17, 15) is 0 Å². The molecule has 2 aliphatic rings. The van der Waals surface area contributed by atoms with Crippen LogP contribution in [0.3, 0.4) is 0 Å². The van der Waals surface area contributed by atoms with Crippen LogP contribution in [-0.4, -0.2) is 0 Å². The molecule has 2 aliphatic carbocycles. The van der Waals surface area contributed by atoms with Crippen molar-refractivity contribution in [3.05, 3.63) is 12.8 Å². The van der Waals surface area contributed by atoms with Crippen LogP contribution in [0.5, 0.6) is 0 Å². The Morgan fingerprint density at radius 1 is 1.08 bits per heavy atom. The Bertz CT molecular complexity index is 83.7. The Morgan fingerprint density at radius 3 is 1.85 bits per heavy atom. The molecule has 13 heavy (non-hydrogen) atoms. The van der Waals surface area contributed by atoms with Crippen LogP contribution in [0.25, 0.3) is 0 Å². The van der Waals surface area contributed by atoms with Gasteiger partial charge in [-0.05, 0) is 31.6 Å². The third-order valence-electron chi connectivity index (χ3n) is 2.89. The van der Waals surface area contributed by atoms with Crippen molar-refractivity contribution < 1.29 is 17.1 Å². The topological polar surface area (TPSA) is 0 Å². The van der Waals surface area contributed by atoms with Crippen molar-refractivity contribution in [2.24, 2.45) is 5.92 Å². The standard InChI is InChI=1S/C7H12.C5H10.Fe/c1-2-7-5-3-4-6-7;1-2-4-5-3-1;/h3,5,7H,2,4,6H2,1H3;1-5H2;. The smallest absolute Gasteiger partial charge is 0 e. The van der Waals surface area contributed by atoms with Crippen LogP contribution in [0.2, 0.25) is 0 Å². The van der Waals surface area contributed by atoms with E-state index in [1.807, 2.05) is 0 Å². The van der Waals surface area contributed by atoms with Gasteiger partial charge in [0.1, 0.15) is 0 Å². The summed E-state index contributed by atoms with van der Waals surface area (Å²) in [7, 11) is 0. The van der Waals surface area contributed by atoms with Gasteiger partial charge >= 0.3 is 0 Å². The van der Waals surface area contributed by atoms with Crippen LogP contribution in [0.15, 0.2) is 0 Å². The van der Waals surface area contributed by atoms with Gasteiger partial charge in [0.2, 0.25) is 0 Å². The second kappa shape index (κ2) is 9.09. The van der Waals surface area contributed by atoms with Gasteiger partial charge < -0.3 is 0 Å². The molecule has 0 N–H and O–H groups in total. The summed E-state index contributed by atoms with van der Waals surface area (Å²) in [6, 6.07) is 0. The first-order valence-electron chi connectivity index (χ1n) is 5.60. The molecular formula is C12H22Fe. The van der Waals surface area contributed by atoms with E-state index in [4.69, 9.17) is 0 Å². The summed E-state index contributed by atoms with van der Waals surface area (Å²) in [4.78, 5) is 0. The van der Waals surface area contributed by atoms with Crippen molar-refractivity contribution in [2.45, 2.75) is 58.3 Å². The van der Waals surface area contributed by atoms with Crippen molar-refractivity contribution >= 4 is 0 Å². The molecular weight excluding hydrogens is 200 g/mol. The molecule has 2 fully saturated rings. The van der Waals surface area contributed by atoms with Crippen molar-refractivity contribution in [3.8, 4) is 0 Å². The second-order valence-electron chi connectivity index (χ2n) is 3.94. The Kier molecular flexibility index (Phi) is 9.45. The Hall–Kier alpha value is 0.519. The molecule has 0 amide bonds. The van der Waals surface area contributed by atoms with Gasteiger partial charge in [0.25, 0.3) is 0 Å². The Morgan fingerprint density at radius 2 is 1.62 bits per heavy atom. The van der Waals surface area contributed by atoms with E-state index in [0.29, 0.717) is 0 Å². The van der Waals surface area contributed by atoms with Gasteiger partial charge in [-0.25, -0.2) is 0 Å². The maximum atomic E-state index is 2.33. The van der Waals surface area contributed by atoms with Crippen molar-refractivity contribution in [3.63, 3.8) is 0 Å². The minimum absolute atomic E-state index is 0. The van der Waals surface area contributed by atoms with Gasteiger partial charge in [0, 0.05) is 17.1 Å². The van der Waals surface area contributed by atoms with Gasteiger partial charge in [-0.2, -0.15) is 0 Å². The van der Waals surface area contributed by atoms with E-state index < -0.39 is 0 Å².